The number of carbonyl (C=O) groups excluding carboxylic acids is 1. The molecule has 1 atom stereocenters. The SMILES string of the molecule is CCC(C)(CO)NC(=O)CCOc1ccc(Cl)c(Cl)c1. The van der Waals surface area contributed by atoms with Gasteiger partial charge in [0.05, 0.1) is 35.2 Å². The first-order valence-corrected chi connectivity index (χ1v) is 7.15. The van der Waals surface area contributed by atoms with Gasteiger partial charge in [0, 0.05) is 6.07 Å². The summed E-state index contributed by atoms with van der Waals surface area (Å²) >= 11 is 11.7. The number of aliphatic hydroxyl groups excluding tert-OH is 1. The summed E-state index contributed by atoms with van der Waals surface area (Å²) in [5, 5.41) is 12.9. The van der Waals surface area contributed by atoms with Crippen LogP contribution in [0.4, 0.5) is 0 Å². The number of aliphatic hydroxyl groups is 1. The van der Waals surface area contributed by atoms with Crippen LogP contribution in [0.15, 0.2) is 18.2 Å². The van der Waals surface area contributed by atoms with Gasteiger partial charge in [-0.05, 0) is 25.5 Å². The number of amides is 1. The van der Waals surface area contributed by atoms with E-state index in [1.165, 1.54) is 0 Å². The quantitative estimate of drug-likeness (QED) is 0.812. The molecule has 1 rings (SSSR count). The highest BCUT2D eigenvalue weighted by Crippen LogP contribution is 2.26. The van der Waals surface area contributed by atoms with Crippen molar-refractivity contribution in [2.45, 2.75) is 32.2 Å². The van der Waals surface area contributed by atoms with E-state index in [-0.39, 0.29) is 25.5 Å². The number of hydrogen-bond donors (Lipinski definition) is 2. The predicted octanol–water partition coefficient (Wildman–Crippen LogP) is 3.04. The average molecular weight is 320 g/mol. The molecule has 1 aromatic carbocycles. The van der Waals surface area contributed by atoms with Crippen LogP contribution in [0.1, 0.15) is 26.7 Å². The van der Waals surface area contributed by atoms with Crippen molar-refractivity contribution in [2.24, 2.45) is 0 Å². The standard InChI is InChI=1S/C14H19Cl2NO3/c1-3-14(2,9-18)17-13(19)6-7-20-10-4-5-11(15)12(16)8-10/h4-5,8,18H,3,6-7,9H2,1-2H3,(H,17,19). The summed E-state index contributed by atoms with van der Waals surface area (Å²) < 4.78 is 5.43. The first-order chi connectivity index (χ1) is 9.40. The van der Waals surface area contributed by atoms with E-state index in [0.717, 1.165) is 0 Å². The van der Waals surface area contributed by atoms with Crippen molar-refractivity contribution in [3.63, 3.8) is 0 Å². The molecular weight excluding hydrogens is 301 g/mol. The molecule has 0 aliphatic rings. The third-order valence-corrected chi connectivity index (χ3v) is 3.80. The molecule has 1 unspecified atom stereocenters. The molecule has 0 saturated heterocycles. The number of rotatable bonds is 7. The third-order valence-electron chi connectivity index (χ3n) is 3.06. The Labute approximate surface area is 129 Å². The Kier molecular flexibility index (Phi) is 6.59. The fourth-order valence-electron chi connectivity index (χ4n) is 1.47. The highest BCUT2D eigenvalue weighted by molar-refractivity contribution is 6.42. The first-order valence-electron chi connectivity index (χ1n) is 6.40. The minimum atomic E-state index is -0.583. The lowest BCUT2D eigenvalue weighted by atomic mass is 10.0. The zero-order chi connectivity index (χ0) is 15.2. The number of halogens is 2. The van der Waals surface area contributed by atoms with E-state index >= 15 is 0 Å². The molecule has 4 nitrogen and oxygen atoms in total. The van der Waals surface area contributed by atoms with Gasteiger partial charge < -0.3 is 15.2 Å². The van der Waals surface area contributed by atoms with Crippen LogP contribution in [0.2, 0.25) is 10.0 Å². The van der Waals surface area contributed by atoms with Crippen LogP contribution in [0.3, 0.4) is 0 Å². The number of ether oxygens (including phenoxy) is 1. The fraction of sp³-hybridized carbons (Fsp3) is 0.500. The molecule has 6 heteroatoms. The molecule has 0 spiro atoms. The van der Waals surface area contributed by atoms with Gasteiger partial charge >= 0.3 is 0 Å². The van der Waals surface area contributed by atoms with Crippen LogP contribution in [0, 0.1) is 0 Å². The Balaban J connectivity index is 2.40. The van der Waals surface area contributed by atoms with E-state index < -0.39 is 5.54 Å². The smallest absolute Gasteiger partial charge is 0.223 e. The summed E-state index contributed by atoms with van der Waals surface area (Å²) in [6, 6.07) is 4.93. The van der Waals surface area contributed by atoms with E-state index in [4.69, 9.17) is 27.9 Å². The van der Waals surface area contributed by atoms with Crippen LogP contribution < -0.4 is 10.1 Å². The number of nitrogens with one attached hydrogen (secondary N) is 1. The summed E-state index contributed by atoms with van der Waals surface area (Å²) in [4.78, 5) is 11.7. The summed E-state index contributed by atoms with van der Waals surface area (Å²) in [7, 11) is 0. The minimum Gasteiger partial charge on any atom is -0.493 e. The van der Waals surface area contributed by atoms with Gasteiger partial charge in [-0.25, -0.2) is 0 Å². The van der Waals surface area contributed by atoms with Gasteiger partial charge in [0.1, 0.15) is 5.75 Å². The second-order valence-corrected chi connectivity index (χ2v) is 5.61. The predicted molar refractivity (Wildman–Crippen MR) is 80.5 cm³/mol. The lowest BCUT2D eigenvalue weighted by Crippen LogP contribution is -2.48. The fourth-order valence-corrected chi connectivity index (χ4v) is 1.76. The lowest BCUT2D eigenvalue weighted by Gasteiger charge is -2.27. The Morgan fingerprint density at radius 3 is 2.65 bits per heavy atom. The molecule has 0 heterocycles. The summed E-state index contributed by atoms with van der Waals surface area (Å²) in [6.45, 7) is 3.84. The third kappa shape index (κ3) is 5.19. The van der Waals surface area contributed by atoms with Crippen LogP contribution >= 0.6 is 23.2 Å². The molecule has 0 bridgehead atoms. The lowest BCUT2D eigenvalue weighted by molar-refractivity contribution is -0.123. The Morgan fingerprint density at radius 2 is 2.10 bits per heavy atom. The average Bonchev–Trinajstić information content (AvgIpc) is 2.42. The molecule has 1 amide bonds. The molecule has 112 valence electrons. The van der Waals surface area contributed by atoms with Crippen LogP contribution in [-0.2, 0) is 4.79 Å². The normalized spacial score (nSPS) is 13.7. The van der Waals surface area contributed by atoms with Crippen molar-refractivity contribution in [2.75, 3.05) is 13.2 Å². The minimum absolute atomic E-state index is 0.0944. The molecule has 0 saturated carbocycles. The van der Waals surface area contributed by atoms with Gasteiger partial charge in [-0.3, -0.25) is 4.79 Å². The van der Waals surface area contributed by atoms with Crippen molar-refractivity contribution in [1.82, 2.24) is 5.32 Å². The number of carbonyl (C=O) groups is 1. The molecular formula is C14H19Cl2NO3. The summed E-state index contributed by atoms with van der Waals surface area (Å²) in [5.41, 5.74) is -0.583. The first kappa shape index (κ1) is 17.1. The Bertz CT molecular complexity index is 462. The van der Waals surface area contributed by atoms with Crippen molar-refractivity contribution >= 4 is 29.1 Å². The van der Waals surface area contributed by atoms with Crippen LogP contribution in [0.25, 0.3) is 0 Å². The monoisotopic (exact) mass is 319 g/mol. The van der Waals surface area contributed by atoms with Gasteiger partial charge in [-0.15, -0.1) is 0 Å². The van der Waals surface area contributed by atoms with E-state index in [2.05, 4.69) is 5.32 Å². The highest BCUT2D eigenvalue weighted by Gasteiger charge is 2.22. The van der Waals surface area contributed by atoms with E-state index in [0.29, 0.717) is 22.2 Å². The molecule has 0 radical (unpaired) electrons. The maximum Gasteiger partial charge on any atom is 0.223 e. The van der Waals surface area contributed by atoms with Crippen LogP contribution in [0.5, 0.6) is 5.75 Å². The zero-order valence-electron chi connectivity index (χ0n) is 11.6. The number of hydrogen-bond acceptors (Lipinski definition) is 3. The second-order valence-electron chi connectivity index (χ2n) is 4.79. The van der Waals surface area contributed by atoms with Gasteiger partial charge in [0.15, 0.2) is 0 Å². The second kappa shape index (κ2) is 7.72. The van der Waals surface area contributed by atoms with Crippen molar-refractivity contribution < 1.29 is 14.6 Å². The van der Waals surface area contributed by atoms with Gasteiger partial charge in [-0.2, -0.15) is 0 Å². The van der Waals surface area contributed by atoms with Gasteiger partial charge in [-0.1, -0.05) is 30.1 Å². The van der Waals surface area contributed by atoms with Crippen molar-refractivity contribution in [3.8, 4) is 5.75 Å². The summed E-state index contributed by atoms with van der Waals surface area (Å²) in [6.07, 6.45) is 0.860. The number of benzene rings is 1. The molecule has 0 aliphatic carbocycles. The molecule has 0 aliphatic heterocycles. The van der Waals surface area contributed by atoms with Crippen LogP contribution in [-0.4, -0.2) is 29.8 Å². The molecule has 0 fully saturated rings. The maximum atomic E-state index is 11.7. The van der Waals surface area contributed by atoms with Gasteiger partial charge in [0.2, 0.25) is 5.91 Å². The van der Waals surface area contributed by atoms with Gasteiger partial charge in [0.25, 0.3) is 0 Å². The highest BCUT2D eigenvalue weighted by atomic mass is 35.5. The van der Waals surface area contributed by atoms with Crippen molar-refractivity contribution in [1.29, 1.82) is 0 Å². The molecule has 2 N–H and O–H groups in total. The maximum absolute atomic E-state index is 11.7. The Hall–Kier alpha value is -0.970. The largest absolute Gasteiger partial charge is 0.493 e. The molecule has 0 aromatic heterocycles. The van der Waals surface area contributed by atoms with E-state index in [1.54, 1.807) is 25.1 Å². The van der Waals surface area contributed by atoms with E-state index in [9.17, 15) is 9.90 Å². The zero-order valence-corrected chi connectivity index (χ0v) is 13.1. The van der Waals surface area contributed by atoms with E-state index in [1.807, 2.05) is 6.92 Å². The summed E-state index contributed by atoms with van der Waals surface area (Å²) in [5.74, 6) is 0.399. The topological polar surface area (TPSA) is 58.6 Å². The Morgan fingerprint density at radius 1 is 1.40 bits per heavy atom. The van der Waals surface area contributed by atoms with Crippen molar-refractivity contribution in [3.05, 3.63) is 28.2 Å². The molecule has 20 heavy (non-hydrogen) atoms. The molecule has 1 aromatic rings.